The number of carboxylic acid groups (broad SMARTS) is 1. The Morgan fingerprint density at radius 1 is 1.21 bits per heavy atom. The van der Waals surface area contributed by atoms with Crippen molar-refractivity contribution in [1.29, 1.82) is 0 Å². The Morgan fingerprint density at radius 3 is 2.50 bits per heavy atom. The molecule has 1 fully saturated rings. The van der Waals surface area contributed by atoms with Crippen LogP contribution in [0.4, 0.5) is 0 Å². The number of carboxylic acids is 1. The first-order chi connectivity index (χ1) is 13.3. The molecule has 3 unspecified atom stereocenters. The number of nitrogens with zero attached hydrogens (tertiary/aromatic N) is 1. The second kappa shape index (κ2) is 9.84. The summed E-state index contributed by atoms with van der Waals surface area (Å²) in [6, 6.07) is 6.44. The van der Waals surface area contributed by atoms with Crippen molar-refractivity contribution >= 4 is 23.7 Å². The Kier molecular flexibility index (Phi) is 7.51. The third-order valence-electron chi connectivity index (χ3n) is 4.67. The maximum atomic E-state index is 12.7. The van der Waals surface area contributed by atoms with Crippen molar-refractivity contribution in [3.05, 3.63) is 35.9 Å². The topological polar surface area (TPSA) is 142 Å². The zero-order valence-electron chi connectivity index (χ0n) is 15.8. The summed E-state index contributed by atoms with van der Waals surface area (Å²) in [6.07, 6.45) is 1.23. The predicted octanol–water partition coefficient (Wildman–Crippen LogP) is -0.747. The lowest BCUT2D eigenvalue weighted by atomic mass is 10.0. The number of aliphatic carboxylic acids is 1. The minimum atomic E-state index is -1.05. The van der Waals surface area contributed by atoms with Gasteiger partial charge in [0.2, 0.25) is 17.7 Å². The molecule has 9 heteroatoms. The van der Waals surface area contributed by atoms with Gasteiger partial charge in [-0.25, -0.2) is 4.79 Å². The fourth-order valence-corrected chi connectivity index (χ4v) is 3.22. The second-order valence-electron chi connectivity index (χ2n) is 6.77. The quantitative estimate of drug-likeness (QED) is 0.460. The second-order valence-corrected chi connectivity index (χ2v) is 6.77. The maximum absolute atomic E-state index is 12.7. The first-order valence-electron chi connectivity index (χ1n) is 9.20. The molecule has 2 rings (SSSR count). The molecule has 9 nitrogen and oxygen atoms in total. The summed E-state index contributed by atoms with van der Waals surface area (Å²) in [5.74, 6) is -2.53. The monoisotopic (exact) mass is 390 g/mol. The Morgan fingerprint density at radius 2 is 1.89 bits per heavy atom. The number of amides is 3. The lowest BCUT2D eigenvalue weighted by Gasteiger charge is -2.26. The minimum absolute atomic E-state index is 0.237. The van der Waals surface area contributed by atoms with Gasteiger partial charge in [0.15, 0.2) is 0 Å². The highest BCUT2D eigenvalue weighted by molar-refractivity contribution is 5.93. The van der Waals surface area contributed by atoms with Crippen LogP contribution in [0.5, 0.6) is 0 Å². The van der Waals surface area contributed by atoms with Crippen molar-refractivity contribution in [3.8, 4) is 0 Å². The van der Waals surface area contributed by atoms with E-state index in [1.807, 2.05) is 30.3 Å². The van der Waals surface area contributed by atoms with Crippen molar-refractivity contribution in [2.75, 3.05) is 13.1 Å². The smallest absolute Gasteiger partial charge is 0.326 e. The highest BCUT2D eigenvalue weighted by Gasteiger charge is 2.36. The zero-order valence-corrected chi connectivity index (χ0v) is 15.8. The van der Waals surface area contributed by atoms with Crippen LogP contribution in [0.15, 0.2) is 30.3 Å². The summed E-state index contributed by atoms with van der Waals surface area (Å²) in [5, 5.41) is 14.4. The van der Waals surface area contributed by atoms with Crippen LogP contribution >= 0.6 is 0 Å². The van der Waals surface area contributed by atoms with E-state index < -0.39 is 41.8 Å². The third kappa shape index (κ3) is 5.53. The van der Waals surface area contributed by atoms with Crippen LogP contribution in [0.2, 0.25) is 0 Å². The average Bonchev–Trinajstić information content (AvgIpc) is 3.17. The molecule has 0 bridgehead atoms. The van der Waals surface area contributed by atoms with Gasteiger partial charge in [0.25, 0.3) is 0 Å². The number of carbonyl (C=O) groups excluding carboxylic acids is 3. The lowest BCUT2D eigenvalue weighted by molar-refractivity contribution is -0.149. The van der Waals surface area contributed by atoms with Crippen molar-refractivity contribution in [1.82, 2.24) is 15.5 Å². The van der Waals surface area contributed by atoms with Crippen LogP contribution in [-0.2, 0) is 25.6 Å². The van der Waals surface area contributed by atoms with E-state index in [0.29, 0.717) is 19.4 Å². The molecule has 0 aromatic heterocycles. The number of likely N-dealkylation sites (tertiary alicyclic amines) is 1. The highest BCUT2D eigenvalue weighted by atomic mass is 16.4. The van der Waals surface area contributed by atoms with Gasteiger partial charge in [-0.3, -0.25) is 14.4 Å². The van der Waals surface area contributed by atoms with Crippen LogP contribution in [0.3, 0.4) is 0 Å². The average molecular weight is 390 g/mol. The first kappa shape index (κ1) is 21.4. The zero-order chi connectivity index (χ0) is 20.7. The Hall–Kier alpha value is -2.94. The number of rotatable bonds is 8. The van der Waals surface area contributed by atoms with E-state index in [0.717, 1.165) is 5.56 Å². The van der Waals surface area contributed by atoms with Gasteiger partial charge in [0.05, 0.1) is 6.54 Å². The van der Waals surface area contributed by atoms with Crippen molar-refractivity contribution < 1.29 is 24.3 Å². The predicted molar refractivity (Wildman–Crippen MR) is 101 cm³/mol. The van der Waals surface area contributed by atoms with Crippen molar-refractivity contribution in [2.24, 2.45) is 5.73 Å². The highest BCUT2D eigenvalue weighted by Crippen LogP contribution is 2.18. The van der Waals surface area contributed by atoms with Crippen molar-refractivity contribution in [3.63, 3.8) is 0 Å². The van der Waals surface area contributed by atoms with E-state index in [4.69, 9.17) is 5.73 Å². The molecule has 1 aliphatic rings. The van der Waals surface area contributed by atoms with E-state index in [9.17, 15) is 24.3 Å². The molecule has 0 spiro atoms. The molecule has 1 heterocycles. The van der Waals surface area contributed by atoms with Gasteiger partial charge in [-0.05, 0) is 25.3 Å². The first-order valence-corrected chi connectivity index (χ1v) is 9.20. The molecule has 3 atom stereocenters. The molecule has 0 aliphatic carbocycles. The van der Waals surface area contributed by atoms with E-state index in [1.54, 1.807) is 0 Å². The van der Waals surface area contributed by atoms with Gasteiger partial charge in [-0.2, -0.15) is 0 Å². The summed E-state index contributed by atoms with van der Waals surface area (Å²) in [4.78, 5) is 49.6. The summed E-state index contributed by atoms with van der Waals surface area (Å²) in [5.41, 5.74) is 6.17. The Bertz CT molecular complexity index is 724. The molecule has 152 valence electrons. The SMILES string of the molecule is CC(NC(=O)C(Cc1ccccc1)NC(=O)CN)C(=O)N1CCCC1C(=O)O. The van der Waals surface area contributed by atoms with Crippen LogP contribution < -0.4 is 16.4 Å². The number of carbonyl (C=O) groups is 4. The van der Waals surface area contributed by atoms with Crippen LogP contribution in [-0.4, -0.2) is 64.9 Å². The summed E-state index contributed by atoms with van der Waals surface area (Å²) < 4.78 is 0. The number of hydrogen-bond donors (Lipinski definition) is 4. The van der Waals surface area contributed by atoms with Gasteiger partial charge in [-0.1, -0.05) is 30.3 Å². The molecule has 28 heavy (non-hydrogen) atoms. The molecule has 1 saturated heterocycles. The maximum Gasteiger partial charge on any atom is 0.326 e. The molecule has 1 aliphatic heterocycles. The van der Waals surface area contributed by atoms with Crippen LogP contribution in [0.25, 0.3) is 0 Å². The van der Waals surface area contributed by atoms with Gasteiger partial charge in [0.1, 0.15) is 18.1 Å². The number of nitrogens with two attached hydrogens (primary N) is 1. The summed E-state index contributed by atoms with van der Waals surface area (Å²) in [6.45, 7) is 1.58. The van der Waals surface area contributed by atoms with Gasteiger partial charge in [-0.15, -0.1) is 0 Å². The van der Waals surface area contributed by atoms with Crippen molar-refractivity contribution in [2.45, 2.75) is 44.3 Å². The lowest BCUT2D eigenvalue weighted by Crippen LogP contribution is -2.55. The summed E-state index contributed by atoms with van der Waals surface area (Å²) in [7, 11) is 0. The van der Waals surface area contributed by atoms with Crippen LogP contribution in [0, 0.1) is 0 Å². The Labute approximate surface area is 163 Å². The van der Waals surface area contributed by atoms with E-state index >= 15 is 0 Å². The van der Waals surface area contributed by atoms with E-state index in [2.05, 4.69) is 10.6 Å². The van der Waals surface area contributed by atoms with Crippen LogP contribution in [0.1, 0.15) is 25.3 Å². The molecular weight excluding hydrogens is 364 g/mol. The minimum Gasteiger partial charge on any atom is -0.480 e. The summed E-state index contributed by atoms with van der Waals surface area (Å²) >= 11 is 0. The molecular formula is C19H26N4O5. The fourth-order valence-electron chi connectivity index (χ4n) is 3.22. The van der Waals surface area contributed by atoms with Gasteiger partial charge < -0.3 is 26.4 Å². The normalized spacial score (nSPS) is 18.2. The largest absolute Gasteiger partial charge is 0.480 e. The molecule has 0 saturated carbocycles. The van der Waals surface area contributed by atoms with E-state index in [-0.39, 0.29) is 13.0 Å². The molecule has 5 N–H and O–H groups in total. The number of hydrogen-bond acceptors (Lipinski definition) is 5. The third-order valence-corrected chi connectivity index (χ3v) is 4.67. The molecule has 0 radical (unpaired) electrons. The Balaban J connectivity index is 2.05. The molecule has 1 aromatic carbocycles. The molecule has 3 amide bonds. The fraction of sp³-hybridized carbons (Fsp3) is 0.474. The number of nitrogens with one attached hydrogen (secondary N) is 2. The number of benzene rings is 1. The van der Waals surface area contributed by atoms with E-state index in [1.165, 1.54) is 11.8 Å². The molecule has 1 aromatic rings. The van der Waals surface area contributed by atoms with Gasteiger partial charge >= 0.3 is 5.97 Å². The van der Waals surface area contributed by atoms with Gasteiger partial charge in [0, 0.05) is 13.0 Å². The standard InChI is InChI=1S/C19H26N4O5/c1-12(18(26)23-9-5-8-15(23)19(27)28)21-17(25)14(22-16(24)11-20)10-13-6-3-2-4-7-13/h2-4,6-7,12,14-15H,5,8-11,20H2,1H3,(H,21,25)(H,22,24)(H,27,28).